The van der Waals surface area contributed by atoms with Crippen molar-refractivity contribution in [3.63, 3.8) is 0 Å². The number of rotatable bonds is 5. The molecular weight excluding hydrogens is 385 g/mol. The van der Waals surface area contributed by atoms with E-state index < -0.39 is 10.7 Å². The van der Waals surface area contributed by atoms with Gasteiger partial charge in [0.1, 0.15) is 11.6 Å². The number of anilines is 3. The van der Waals surface area contributed by atoms with Gasteiger partial charge in [-0.1, -0.05) is 12.1 Å². The van der Waals surface area contributed by atoms with E-state index >= 15 is 0 Å². The Hall–Kier alpha value is -4.07. The molecule has 3 aromatic carbocycles. The fourth-order valence-electron chi connectivity index (χ4n) is 3.06. The van der Waals surface area contributed by atoms with Gasteiger partial charge in [0.15, 0.2) is 5.82 Å². The minimum atomic E-state index is -0.611. The van der Waals surface area contributed by atoms with Crippen molar-refractivity contribution >= 4 is 33.8 Å². The van der Waals surface area contributed by atoms with Crippen LogP contribution in [0.3, 0.4) is 0 Å². The predicted octanol–water partition coefficient (Wildman–Crippen LogP) is 5.15. The topological polar surface area (TPSA) is 84.2 Å². The molecule has 0 bridgehead atoms. The first-order valence-electron chi connectivity index (χ1n) is 9.18. The number of halogens is 1. The fraction of sp³-hybridized carbons (Fsp3) is 0.0909. The van der Waals surface area contributed by atoms with E-state index in [4.69, 9.17) is 0 Å². The van der Waals surface area contributed by atoms with Gasteiger partial charge in [-0.15, -0.1) is 0 Å². The van der Waals surface area contributed by atoms with Crippen LogP contribution in [0.5, 0.6) is 0 Å². The molecule has 8 heteroatoms. The van der Waals surface area contributed by atoms with Crippen LogP contribution in [0.15, 0.2) is 66.7 Å². The molecule has 0 amide bonds. The summed E-state index contributed by atoms with van der Waals surface area (Å²) in [6, 6.07) is 18.4. The third kappa shape index (κ3) is 3.75. The highest BCUT2D eigenvalue weighted by Crippen LogP contribution is 2.30. The minimum Gasteiger partial charge on any atom is -0.378 e. The number of nitro groups is 1. The largest absolute Gasteiger partial charge is 0.378 e. The number of nitrogens with one attached hydrogen (secondary N) is 1. The second-order valence-electron chi connectivity index (χ2n) is 6.90. The van der Waals surface area contributed by atoms with Crippen LogP contribution in [0.2, 0.25) is 0 Å². The van der Waals surface area contributed by atoms with Crippen LogP contribution in [0.1, 0.15) is 0 Å². The van der Waals surface area contributed by atoms with Crippen molar-refractivity contribution in [2.24, 2.45) is 0 Å². The van der Waals surface area contributed by atoms with E-state index in [0.717, 1.165) is 29.4 Å². The third-order valence-electron chi connectivity index (χ3n) is 4.66. The smallest absolute Gasteiger partial charge is 0.271 e. The monoisotopic (exact) mass is 403 g/mol. The summed E-state index contributed by atoms with van der Waals surface area (Å²) in [5, 5.41) is 14.7. The van der Waals surface area contributed by atoms with Crippen molar-refractivity contribution in [2.45, 2.75) is 0 Å². The lowest BCUT2D eigenvalue weighted by molar-refractivity contribution is -0.384. The maximum Gasteiger partial charge on any atom is 0.271 e. The Morgan fingerprint density at radius 2 is 1.73 bits per heavy atom. The summed E-state index contributed by atoms with van der Waals surface area (Å²) < 4.78 is 14.3. The summed E-state index contributed by atoms with van der Waals surface area (Å²) in [4.78, 5) is 21.7. The molecule has 0 aliphatic carbocycles. The first kappa shape index (κ1) is 19.3. The lowest BCUT2D eigenvalue weighted by Gasteiger charge is -2.14. The first-order chi connectivity index (χ1) is 14.4. The van der Waals surface area contributed by atoms with Gasteiger partial charge in [-0.3, -0.25) is 10.1 Å². The number of nitro benzene ring substituents is 1. The lowest BCUT2D eigenvalue weighted by Crippen LogP contribution is -2.08. The summed E-state index contributed by atoms with van der Waals surface area (Å²) in [5.74, 6) is 0.221. The van der Waals surface area contributed by atoms with Crippen molar-refractivity contribution < 1.29 is 9.31 Å². The Balaban J connectivity index is 1.82. The number of hydrogen-bond donors (Lipinski definition) is 1. The number of aromatic nitrogens is 2. The van der Waals surface area contributed by atoms with Crippen LogP contribution in [-0.4, -0.2) is 29.0 Å². The van der Waals surface area contributed by atoms with Gasteiger partial charge in [0.25, 0.3) is 5.69 Å². The second-order valence-corrected chi connectivity index (χ2v) is 6.90. The molecule has 1 N–H and O–H groups in total. The van der Waals surface area contributed by atoms with Crippen LogP contribution in [-0.2, 0) is 0 Å². The number of fused-ring (bicyclic) bond motifs is 1. The number of para-hydroxylation sites is 1. The zero-order valence-corrected chi connectivity index (χ0v) is 16.3. The lowest BCUT2D eigenvalue weighted by atomic mass is 10.1. The molecule has 4 aromatic rings. The highest BCUT2D eigenvalue weighted by Gasteiger charge is 2.15. The molecule has 1 aromatic heterocycles. The quantitative estimate of drug-likeness (QED) is 0.366. The Morgan fingerprint density at radius 1 is 1.00 bits per heavy atom. The van der Waals surface area contributed by atoms with Gasteiger partial charge >= 0.3 is 0 Å². The Bertz CT molecular complexity index is 1240. The van der Waals surface area contributed by atoms with Gasteiger partial charge in [0, 0.05) is 42.9 Å². The average molecular weight is 403 g/mol. The van der Waals surface area contributed by atoms with E-state index in [1.807, 2.05) is 67.5 Å². The molecule has 0 aliphatic rings. The van der Waals surface area contributed by atoms with Crippen LogP contribution < -0.4 is 10.2 Å². The summed E-state index contributed by atoms with van der Waals surface area (Å²) in [6.07, 6.45) is 0. The zero-order valence-electron chi connectivity index (χ0n) is 16.3. The third-order valence-corrected chi connectivity index (χ3v) is 4.66. The summed E-state index contributed by atoms with van der Waals surface area (Å²) in [6.45, 7) is 0. The van der Waals surface area contributed by atoms with Crippen LogP contribution in [0, 0.1) is 15.9 Å². The molecule has 30 heavy (non-hydrogen) atoms. The highest BCUT2D eigenvalue weighted by atomic mass is 19.1. The predicted molar refractivity (Wildman–Crippen MR) is 116 cm³/mol. The van der Waals surface area contributed by atoms with Gasteiger partial charge < -0.3 is 10.2 Å². The van der Waals surface area contributed by atoms with Crippen LogP contribution in [0.4, 0.5) is 27.3 Å². The van der Waals surface area contributed by atoms with Gasteiger partial charge in [-0.2, -0.15) is 0 Å². The molecule has 0 spiro atoms. The summed E-state index contributed by atoms with van der Waals surface area (Å²) >= 11 is 0. The molecule has 0 saturated carbocycles. The molecule has 4 rings (SSSR count). The van der Waals surface area contributed by atoms with Gasteiger partial charge in [-0.05, 0) is 42.5 Å². The second kappa shape index (κ2) is 7.75. The molecule has 0 unspecified atom stereocenters. The Labute approximate surface area is 172 Å². The van der Waals surface area contributed by atoms with Crippen molar-refractivity contribution in [2.75, 3.05) is 24.3 Å². The molecule has 150 valence electrons. The van der Waals surface area contributed by atoms with E-state index in [-0.39, 0.29) is 11.4 Å². The SMILES string of the molecule is CN(C)c1ccc(-c2nc(Nc3cc([N+](=O)[O-])ccc3F)c3ccccc3n2)cc1. The van der Waals surface area contributed by atoms with Crippen LogP contribution in [0.25, 0.3) is 22.3 Å². The van der Waals surface area contributed by atoms with Crippen molar-refractivity contribution in [1.29, 1.82) is 0 Å². The van der Waals surface area contributed by atoms with Gasteiger partial charge in [0.05, 0.1) is 16.1 Å². The maximum absolute atomic E-state index is 14.3. The molecule has 7 nitrogen and oxygen atoms in total. The average Bonchev–Trinajstić information content (AvgIpc) is 2.75. The number of non-ortho nitro benzene ring substituents is 1. The standard InChI is InChI=1S/C22H18FN5O2/c1-27(2)15-9-7-14(8-10-15)21-24-19-6-4-3-5-17(19)22(26-21)25-20-13-16(28(29)30)11-12-18(20)23/h3-13H,1-2H3,(H,24,25,26). The van der Waals surface area contributed by atoms with Gasteiger partial charge in [-0.25, -0.2) is 14.4 Å². The first-order valence-corrected chi connectivity index (χ1v) is 9.18. The maximum atomic E-state index is 14.3. The number of nitrogens with zero attached hydrogens (tertiary/aromatic N) is 4. The molecule has 1 heterocycles. The molecule has 0 atom stereocenters. The van der Waals surface area contributed by atoms with Crippen LogP contribution >= 0.6 is 0 Å². The minimum absolute atomic E-state index is 0.0260. The Kier molecular flexibility index (Phi) is 4.97. The molecule has 0 radical (unpaired) electrons. The van der Waals surface area contributed by atoms with Crippen molar-refractivity contribution in [1.82, 2.24) is 9.97 Å². The number of benzene rings is 3. The van der Waals surface area contributed by atoms with E-state index in [9.17, 15) is 14.5 Å². The number of hydrogen-bond acceptors (Lipinski definition) is 6. The Morgan fingerprint density at radius 3 is 2.43 bits per heavy atom. The van der Waals surface area contributed by atoms with E-state index in [0.29, 0.717) is 22.5 Å². The molecular formula is C22H18FN5O2. The van der Waals surface area contributed by atoms with E-state index in [1.54, 1.807) is 0 Å². The van der Waals surface area contributed by atoms with Gasteiger partial charge in [0.2, 0.25) is 0 Å². The highest BCUT2D eigenvalue weighted by molar-refractivity contribution is 5.92. The zero-order chi connectivity index (χ0) is 21.3. The van der Waals surface area contributed by atoms with Crippen molar-refractivity contribution in [3.8, 4) is 11.4 Å². The normalized spacial score (nSPS) is 10.8. The molecule has 0 fully saturated rings. The summed E-state index contributed by atoms with van der Waals surface area (Å²) in [5.41, 5.74) is 2.27. The van der Waals surface area contributed by atoms with E-state index in [1.165, 1.54) is 0 Å². The molecule has 0 saturated heterocycles. The van der Waals surface area contributed by atoms with Crippen molar-refractivity contribution in [3.05, 3.63) is 82.7 Å². The summed E-state index contributed by atoms with van der Waals surface area (Å²) in [7, 11) is 3.91. The molecule has 0 aliphatic heterocycles. The van der Waals surface area contributed by atoms with E-state index in [2.05, 4.69) is 15.3 Å². The fourth-order valence-corrected chi connectivity index (χ4v) is 3.06.